The van der Waals surface area contributed by atoms with Crippen molar-refractivity contribution < 1.29 is 9.18 Å². The van der Waals surface area contributed by atoms with Gasteiger partial charge in [0.05, 0.1) is 22.5 Å². The first kappa shape index (κ1) is 17.5. The van der Waals surface area contributed by atoms with Gasteiger partial charge < -0.3 is 9.88 Å². The van der Waals surface area contributed by atoms with Crippen molar-refractivity contribution in [3.63, 3.8) is 0 Å². The Morgan fingerprint density at radius 3 is 2.96 bits per heavy atom. The van der Waals surface area contributed by atoms with Crippen molar-refractivity contribution in [2.24, 2.45) is 0 Å². The molecule has 0 spiro atoms. The third kappa shape index (κ3) is 4.03. The van der Waals surface area contributed by atoms with Gasteiger partial charge in [-0.25, -0.2) is 9.37 Å². The predicted molar refractivity (Wildman–Crippen MR) is 101 cm³/mol. The third-order valence-corrected chi connectivity index (χ3v) is 4.68. The Kier molecular flexibility index (Phi) is 5.40. The molecule has 0 aliphatic rings. The minimum absolute atomic E-state index is 0.0673. The van der Waals surface area contributed by atoms with Gasteiger partial charge in [-0.2, -0.15) is 0 Å². The topological polar surface area (TPSA) is 46.9 Å². The van der Waals surface area contributed by atoms with Crippen LogP contribution in [0, 0.1) is 5.82 Å². The van der Waals surface area contributed by atoms with Crippen molar-refractivity contribution in [3.05, 3.63) is 66.0 Å². The fraction of sp³-hybridized carbons (Fsp3) is 0.111. The van der Waals surface area contributed by atoms with Crippen LogP contribution in [0.5, 0.6) is 0 Å². The molecule has 1 heterocycles. The number of hydrogen-bond donors (Lipinski definition) is 1. The number of amides is 1. The zero-order valence-corrected chi connectivity index (χ0v) is 14.8. The summed E-state index contributed by atoms with van der Waals surface area (Å²) >= 11 is 7.11. The second-order valence-electron chi connectivity index (χ2n) is 5.24. The van der Waals surface area contributed by atoms with Crippen molar-refractivity contribution in [1.82, 2.24) is 9.55 Å². The summed E-state index contributed by atoms with van der Waals surface area (Å²) in [6.45, 7) is 4.35. The molecule has 2 aromatic carbocycles. The van der Waals surface area contributed by atoms with E-state index in [-0.39, 0.29) is 17.3 Å². The van der Waals surface area contributed by atoms with Gasteiger partial charge in [0.25, 0.3) is 0 Å². The van der Waals surface area contributed by atoms with Crippen LogP contribution in [0.25, 0.3) is 11.0 Å². The number of hydrogen-bond acceptors (Lipinski definition) is 3. The van der Waals surface area contributed by atoms with Crippen LogP contribution in [0.15, 0.2) is 60.3 Å². The number of fused-ring (bicyclic) bond motifs is 1. The van der Waals surface area contributed by atoms with Gasteiger partial charge >= 0.3 is 0 Å². The lowest BCUT2D eigenvalue weighted by Gasteiger charge is -2.08. The smallest absolute Gasteiger partial charge is 0.234 e. The molecule has 4 nitrogen and oxygen atoms in total. The second-order valence-corrected chi connectivity index (χ2v) is 6.62. The summed E-state index contributed by atoms with van der Waals surface area (Å²) in [6.07, 6.45) is 1.78. The molecule has 1 aromatic heterocycles. The van der Waals surface area contributed by atoms with Gasteiger partial charge in [-0.3, -0.25) is 4.79 Å². The van der Waals surface area contributed by atoms with Gasteiger partial charge in [-0.05, 0) is 30.3 Å². The first-order chi connectivity index (χ1) is 12.1. The zero-order valence-electron chi connectivity index (χ0n) is 13.2. The fourth-order valence-electron chi connectivity index (χ4n) is 2.38. The van der Waals surface area contributed by atoms with Gasteiger partial charge in [0.15, 0.2) is 5.16 Å². The normalized spacial score (nSPS) is 10.8. The second kappa shape index (κ2) is 7.72. The average Bonchev–Trinajstić information content (AvgIpc) is 2.95. The predicted octanol–water partition coefficient (Wildman–Crippen LogP) is 4.75. The molecule has 3 aromatic rings. The van der Waals surface area contributed by atoms with E-state index in [1.807, 2.05) is 28.8 Å². The summed E-state index contributed by atoms with van der Waals surface area (Å²) in [7, 11) is 0. The van der Waals surface area contributed by atoms with Crippen molar-refractivity contribution in [2.45, 2.75) is 11.7 Å². The summed E-state index contributed by atoms with van der Waals surface area (Å²) in [4.78, 5) is 16.7. The molecule has 7 heteroatoms. The number of imidazole rings is 1. The fourth-order valence-corrected chi connectivity index (χ4v) is 3.37. The largest absolute Gasteiger partial charge is 0.323 e. The lowest BCUT2D eigenvalue weighted by atomic mass is 10.3. The van der Waals surface area contributed by atoms with E-state index in [0.717, 1.165) is 11.0 Å². The number of aromatic nitrogens is 2. The number of anilines is 1. The zero-order chi connectivity index (χ0) is 17.8. The molecule has 3 rings (SSSR count). The molecule has 0 aliphatic heterocycles. The molecule has 0 bridgehead atoms. The molecule has 0 saturated carbocycles. The maximum absolute atomic E-state index is 13.7. The first-order valence-corrected chi connectivity index (χ1v) is 8.88. The average molecular weight is 376 g/mol. The van der Waals surface area contributed by atoms with Crippen molar-refractivity contribution in [2.75, 3.05) is 11.1 Å². The van der Waals surface area contributed by atoms with Crippen LogP contribution in [-0.2, 0) is 11.3 Å². The van der Waals surface area contributed by atoms with E-state index in [1.54, 1.807) is 6.08 Å². The SMILES string of the molecule is C=CCn1c(SCC(=O)Nc2cc(Cl)ccc2F)nc2ccccc21. The van der Waals surface area contributed by atoms with Gasteiger partial charge in [0.2, 0.25) is 5.91 Å². The Hall–Kier alpha value is -2.31. The Balaban J connectivity index is 1.73. The third-order valence-electron chi connectivity index (χ3n) is 3.47. The Bertz CT molecular complexity index is 941. The van der Waals surface area contributed by atoms with Crippen LogP contribution in [-0.4, -0.2) is 21.2 Å². The summed E-state index contributed by atoms with van der Waals surface area (Å²) < 4.78 is 15.7. The highest BCUT2D eigenvalue weighted by Gasteiger charge is 2.13. The number of nitrogens with one attached hydrogen (secondary N) is 1. The highest BCUT2D eigenvalue weighted by atomic mass is 35.5. The molecule has 1 amide bonds. The number of allylic oxidation sites excluding steroid dienone is 1. The van der Waals surface area contributed by atoms with Crippen LogP contribution in [0.3, 0.4) is 0 Å². The quantitative estimate of drug-likeness (QED) is 0.499. The molecule has 0 saturated heterocycles. The van der Waals surface area contributed by atoms with E-state index in [2.05, 4.69) is 16.9 Å². The summed E-state index contributed by atoms with van der Waals surface area (Å²) in [5.41, 5.74) is 1.90. The Labute approximate surface area is 153 Å². The van der Waals surface area contributed by atoms with Crippen LogP contribution in [0.4, 0.5) is 10.1 Å². The molecule has 0 fully saturated rings. The Morgan fingerprint density at radius 1 is 1.36 bits per heavy atom. The number of nitrogens with zero attached hydrogens (tertiary/aromatic N) is 2. The van der Waals surface area contributed by atoms with E-state index < -0.39 is 5.82 Å². The Morgan fingerprint density at radius 2 is 2.16 bits per heavy atom. The monoisotopic (exact) mass is 375 g/mol. The standard InChI is InChI=1S/C18H15ClFN3OS/c1-2-9-23-16-6-4-3-5-14(16)22-18(23)25-11-17(24)21-15-10-12(19)7-8-13(15)20/h2-8,10H,1,9,11H2,(H,21,24). The number of thioether (sulfide) groups is 1. The van der Waals surface area contributed by atoms with Crippen molar-refractivity contribution >= 4 is 46.0 Å². The number of rotatable bonds is 6. The van der Waals surface area contributed by atoms with E-state index in [9.17, 15) is 9.18 Å². The number of carbonyl (C=O) groups is 1. The summed E-state index contributed by atoms with van der Waals surface area (Å²) in [5, 5.41) is 3.60. The maximum Gasteiger partial charge on any atom is 0.234 e. The van der Waals surface area contributed by atoms with Crippen LogP contribution in [0.1, 0.15) is 0 Å². The number of para-hydroxylation sites is 2. The van der Waals surface area contributed by atoms with E-state index in [4.69, 9.17) is 11.6 Å². The van der Waals surface area contributed by atoms with Gasteiger partial charge in [0, 0.05) is 11.6 Å². The molecular formula is C18H15ClFN3OS. The first-order valence-electron chi connectivity index (χ1n) is 7.52. The lowest BCUT2D eigenvalue weighted by molar-refractivity contribution is -0.113. The molecule has 0 unspecified atom stereocenters. The summed E-state index contributed by atoms with van der Waals surface area (Å²) in [6, 6.07) is 11.8. The minimum atomic E-state index is -0.526. The van der Waals surface area contributed by atoms with Crippen LogP contribution in [0.2, 0.25) is 5.02 Å². The van der Waals surface area contributed by atoms with E-state index in [1.165, 1.54) is 30.0 Å². The van der Waals surface area contributed by atoms with E-state index in [0.29, 0.717) is 16.7 Å². The van der Waals surface area contributed by atoms with E-state index >= 15 is 0 Å². The molecule has 0 aliphatic carbocycles. The highest BCUT2D eigenvalue weighted by molar-refractivity contribution is 7.99. The lowest BCUT2D eigenvalue weighted by Crippen LogP contribution is -2.15. The molecule has 0 atom stereocenters. The van der Waals surface area contributed by atoms with Gasteiger partial charge in [-0.15, -0.1) is 6.58 Å². The van der Waals surface area contributed by atoms with Crippen molar-refractivity contribution in [1.29, 1.82) is 0 Å². The highest BCUT2D eigenvalue weighted by Crippen LogP contribution is 2.25. The van der Waals surface area contributed by atoms with Crippen LogP contribution < -0.4 is 5.32 Å². The van der Waals surface area contributed by atoms with Gasteiger partial charge in [-0.1, -0.05) is 41.6 Å². The maximum atomic E-state index is 13.7. The molecule has 25 heavy (non-hydrogen) atoms. The number of carbonyl (C=O) groups excluding carboxylic acids is 1. The number of halogens is 2. The van der Waals surface area contributed by atoms with Gasteiger partial charge in [0.1, 0.15) is 5.82 Å². The molecule has 128 valence electrons. The van der Waals surface area contributed by atoms with Crippen LogP contribution >= 0.6 is 23.4 Å². The molecular weight excluding hydrogens is 361 g/mol. The molecule has 1 N–H and O–H groups in total. The van der Waals surface area contributed by atoms with Crippen molar-refractivity contribution in [3.8, 4) is 0 Å². The molecule has 0 radical (unpaired) electrons. The number of benzene rings is 2. The minimum Gasteiger partial charge on any atom is -0.323 e. The summed E-state index contributed by atoms with van der Waals surface area (Å²) in [5.74, 6) is -0.753.